The van der Waals surface area contributed by atoms with Crippen LogP contribution >= 0.6 is 11.8 Å². The number of fused-ring (bicyclic) bond motifs is 1. The van der Waals surface area contributed by atoms with Crippen molar-refractivity contribution in [1.82, 2.24) is 10.6 Å². The molecule has 0 amide bonds. The predicted octanol–water partition coefficient (Wildman–Crippen LogP) is 1.88. The van der Waals surface area contributed by atoms with Gasteiger partial charge in [-0.25, -0.2) is 0 Å². The Hall–Kier alpha value is -1.56. The van der Waals surface area contributed by atoms with Crippen LogP contribution in [0.2, 0.25) is 0 Å². The topological polar surface area (TPSA) is 54.9 Å². The molecule has 1 aromatic carbocycles. The van der Waals surface area contributed by atoms with Crippen molar-refractivity contribution in [2.45, 2.75) is 12.8 Å². The highest BCUT2D eigenvalue weighted by molar-refractivity contribution is 7.98. The first-order chi connectivity index (χ1) is 10.3. The predicted molar refractivity (Wildman–Crippen MR) is 88.6 cm³/mol. The molecular weight excluding hydrogens is 286 g/mol. The van der Waals surface area contributed by atoms with Crippen molar-refractivity contribution in [3.05, 3.63) is 23.8 Å². The van der Waals surface area contributed by atoms with E-state index in [1.807, 2.05) is 23.9 Å². The molecule has 0 unspecified atom stereocenters. The normalized spacial score (nSPS) is 13.3. The maximum atomic E-state index is 5.38. The minimum absolute atomic E-state index is 0.323. The Kier molecular flexibility index (Phi) is 6.53. The maximum Gasteiger partial charge on any atom is 0.231 e. The summed E-state index contributed by atoms with van der Waals surface area (Å²) in [5.41, 5.74) is 1.23. The minimum atomic E-state index is 0.323. The summed E-state index contributed by atoms with van der Waals surface area (Å²) in [6.45, 7) is 2.11. The summed E-state index contributed by atoms with van der Waals surface area (Å²) in [5, 5.41) is 6.64. The molecule has 1 aromatic rings. The van der Waals surface area contributed by atoms with Crippen LogP contribution in [0, 0.1) is 0 Å². The summed E-state index contributed by atoms with van der Waals surface area (Å²) in [6.07, 6.45) is 4.19. The highest BCUT2D eigenvalue weighted by Gasteiger charge is 2.12. The Balaban J connectivity index is 1.70. The van der Waals surface area contributed by atoms with Crippen molar-refractivity contribution in [2.75, 3.05) is 38.9 Å². The molecule has 0 atom stereocenters. The monoisotopic (exact) mass is 309 g/mol. The number of thioether (sulfide) groups is 1. The molecular formula is C15H23N3O2S. The van der Waals surface area contributed by atoms with Crippen molar-refractivity contribution in [3.63, 3.8) is 0 Å². The zero-order chi connectivity index (χ0) is 14.9. The Morgan fingerprint density at radius 1 is 1.24 bits per heavy atom. The molecule has 1 aliphatic rings. The van der Waals surface area contributed by atoms with Crippen LogP contribution < -0.4 is 20.1 Å². The van der Waals surface area contributed by atoms with Gasteiger partial charge in [0.15, 0.2) is 17.5 Å². The van der Waals surface area contributed by atoms with Crippen molar-refractivity contribution >= 4 is 17.7 Å². The average molecular weight is 309 g/mol. The first kappa shape index (κ1) is 15.8. The van der Waals surface area contributed by atoms with E-state index in [0.717, 1.165) is 43.4 Å². The molecule has 0 radical (unpaired) electrons. The Morgan fingerprint density at radius 3 is 2.86 bits per heavy atom. The molecule has 0 aliphatic carbocycles. The van der Waals surface area contributed by atoms with E-state index in [9.17, 15) is 0 Å². The van der Waals surface area contributed by atoms with Gasteiger partial charge >= 0.3 is 0 Å². The Labute approximate surface area is 130 Å². The SMILES string of the molecule is CN=C(NCCCSC)NCCc1ccc2c(c1)OCO2. The van der Waals surface area contributed by atoms with E-state index < -0.39 is 0 Å². The average Bonchev–Trinajstić information content (AvgIpc) is 2.97. The van der Waals surface area contributed by atoms with Gasteiger partial charge in [0.1, 0.15) is 0 Å². The third-order valence-corrected chi connectivity index (χ3v) is 3.88. The van der Waals surface area contributed by atoms with Gasteiger partial charge in [-0.05, 0) is 42.5 Å². The van der Waals surface area contributed by atoms with Crippen LogP contribution in [-0.2, 0) is 6.42 Å². The summed E-state index contributed by atoms with van der Waals surface area (Å²) >= 11 is 1.86. The van der Waals surface area contributed by atoms with Crippen LogP contribution in [0.25, 0.3) is 0 Å². The molecule has 0 fully saturated rings. The zero-order valence-corrected chi connectivity index (χ0v) is 13.5. The number of benzene rings is 1. The Bertz CT molecular complexity index is 480. The van der Waals surface area contributed by atoms with E-state index in [4.69, 9.17) is 9.47 Å². The molecule has 5 nitrogen and oxygen atoms in total. The molecule has 21 heavy (non-hydrogen) atoms. The second-order valence-electron chi connectivity index (χ2n) is 4.71. The summed E-state index contributed by atoms with van der Waals surface area (Å²) in [5.74, 6) is 3.70. The molecule has 1 aliphatic heterocycles. The van der Waals surface area contributed by atoms with Crippen LogP contribution in [0.4, 0.5) is 0 Å². The van der Waals surface area contributed by atoms with Gasteiger partial charge in [0, 0.05) is 20.1 Å². The lowest BCUT2D eigenvalue weighted by molar-refractivity contribution is 0.174. The number of rotatable bonds is 7. The molecule has 2 rings (SSSR count). The number of guanidine groups is 1. The second kappa shape index (κ2) is 8.67. The highest BCUT2D eigenvalue weighted by Crippen LogP contribution is 2.32. The number of nitrogens with one attached hydrogen (secondary N) is 2. The van der Waals surface area contributed by atoms with E-state index >= 15 is 0 Å². The fourth-order valence-corrected chi connectivity index (χ4v) is 2.50. The van der Waals surface area contributed by atoms with Crippen LogP contribution in [-0.4, -0.2) is 44.9 Å². The lowest BCUT2D eigenvalue weighted by Gasteiger charge is -2.11. The minimum Gasteiger partial charge on any atom is -0.454 e. The summed E-state index contributed by atoms with van der Waals surface area (Å²) in [7, 11) is 1.80. The van der Waals surface area contributed by atoms with Gasteiger partial charge in [0.2, 0.25) is 6.79 Å². The van der Waals surface area contributed by atoms with Gasteiger partial charge in [-0.1, -0.05) is 6.07 Å². The molecule has 6 heteroatoms. The summed E-state index contributed by atoms with van der Waals surface area (Å²) in [4.78, 5) is 4.22. The largest absolute Gasteiger partial charge is 0.454 e. The first-order valence-electron chi connectivity index (χ1n) is 7.15. The van der Waals surface area contributed by atoms with Crippen molar-refractivity contribution in [3.8, 4) is 11.5 Å². The van der Waals surface area contributed by atoms with Gasteiger partial charge in [-0.2, -0.15) is 11.8 Å². The fourth-order valence-electron chi connectivity index (χ4n) is 2.07. The molecule has 0 saturated carbocycles. The van der Waals surface area contributed by atoms with Gasteiger partial charge in [-0.3, -0.25) is 4.99 Å². The molecule has 0 spiro atoms. The Morgan fingerprint density at radius 2 is 2.05 bits per heavy atom. The van der Waals surface area contributed by atoms with Crippen LogP contribution in [0.5, 0.6) is 11.5 Å². The van der Waals surface area contributed by atoms with E-state index in [1.54, 1.807) is 7.05 Å². The van der Waals surface area contributed by atoms with Gasteiger partial charge < -0.3 is 20.1 Å². The summed E-state index contributed by atoms with van der Waals surface area (Å²) < 4.78 is 10.7. The standard InChI is InChI=1S/C15H23N3O2S/c1-16-15(17-7-3-9-21-2)18-8-6-12-4-5-13-14(10-12)20-11-19-13/h4-5,10H,3,6-9,11H2,1-2H3,(H2,16,17,18). The number of hydrogen-bond donors (Lipinski definition) is 2. The number of ether oxygens (including phenoxy) is 2. The smallest absolute Gasteiger partial charge is 0.231 e. The number of aliphatic imine (C=N–C) groups is 1. The van der Waals surface area contributed by atoms with Crippen LogP contribution in [0.15, 0.2) is 23.2 Å². The van der Waals surface area contributed by atoms with E-state index in [-0.39, 0.29) is 0 Å². The van der Waals surface area contributed by atoms with Crippen molar-refractivity contribution < 1.29 is 9.47 Å². The number of hydrogen-bond acceptors (Lipinski definition) is 4. The highest BCUT2D eigenvalue weighted by atomic mass is 32.2. The summed E-state index contributed by atoms with van der Waals surface area (Å²) in [6, 6.07) is 6.08. The van der Waals surface area contributed by atoms with Crippen molar-refractivity contribution in [2.24, 2.45) is 4.99 Å². The molecule has 1 heterocycles. The first-order valence-corrected chi connectivity index (χ1v) is 8.55. The third-order valence-electron chi connectivity index (χ3n) is 3.18. The maximum absolute atomic E-state index is 5.38. The molecule has 0 aromatic heterocycles. The second-order valence-corrected chi connectivity index (χ2v) is 5.70. The van der Waals surface area contributed by atoms with Crippen LogP contribution in [0.1, 0.15) is 12.0 Å². The van der Waals surface area contributed by atoms with E-state index in [1.165, 1.54) is 11.3 Å². The third kappa shape index (κ3) is 5.04. The zero-order valence-electron chi connectivity index (χ0n) is 12.6. The van der Waals surface area contributed by atoms with Crippen LogP contribution in [0.3, 0.4) is 0 Å². The lowest BCUT2D eigenvalue weighted by atomic mass is 10.1. The van der Waals surface area contributed by atoms with E-state index in [2.05, 4.69) is 27.9 Å². The molecule has 116 valence electrons. The molecule has 0 bridgehead atoms. The van der Waals surface area contributed by atoms with Gasteiger partial charge in [0.25, 0.3) is 0 Å². The fraction of sp³-hybridized carbons (Fsp3) is 0.533. The van der Waals surface area contributed by atoms with Gasteiger partial charge in [0.05, 0.1) is 0 Å². The number of nitrogens with zero attached hydrogens (tertiary/aromatic N) is 1. The molecule has 0 saturated heterocycles. The van der Waals surface area contributed by atoms with E-state index in [0.29, 0.717) is 6.79 Å². The molecule has 2 N–H and O–H groups in total. The quantitative estimate of drug-likeness (QED) is 0.457. The lowest BCUT2D eigenvalue weighted by Crippen LogP contribution is -2.38. The van der Waals surface area contributed by atoms with Crippen molar-refractivity contribution in [1.29, 1.82) is 0 Å². The van der Waals surface area contributed by atoms with Gasteiger partial charge in [-0.15, -0.1) is 0 Å².